The Bertz CT molecular complexity index is 518. The summed E-state index contributed by atoms with van der Waals surface area (Å²) >= 11 is 0. The van der Waals surface area contributed by atoms with Crippen LogP contribution in [-0.4, -0.2) is 20.8 Å². The Hall–Kier alpha value is -1.84. The van der Waals surface area contributed by atoms with Crippen molar-refractivity contribution in [1.29, 1.82) is 0 Å². The molecule has 2 aromatic rings. The summed E-state index contributed by atoms with van der Waals surface area (Å²) in [7, 11) is 1.96. The predicted octanol–water partition coefficient (Wildman–Crippen LogP) is 3.47. The summed E-state index contributed by atoms with van der Waals surface area (Å²) in [5.74, 6) is 0.893. The van der Waals surface area contributed by atoms with Gasteiger partial charge in [-0.05, 0) is 25.5 Å². The third-order valence-electron chi connectivity index (χ3n) is 3.24. The molecule has 1 N–H and O–H groups in total. The molecule has 0 fully saturated rings. The molecule has 1 aromatic heterocycles. The maximum atomic E-state index is 4.14. The van der Waals surface area contributed by atoms with E-state index in [1.54, 1.807) is 6.33 Å². The topological polar surface area (TPSA) is 42.7 Å². The maximum Gasteiger partial charge on any atom is 0.163 e. The predicted molar refractivity (Wildman–Crippen MR) is 79.0 cm³/mol. The number of nitrogens with zero attached hydrogens (tertiary/aromatic N) is 3. The van der Waals surface area contributed by atoms with Crippen molar-refractivity contribution in [3.05, 3.63) is 30.6 Å². The lowest BCUT2D eigenvalue weighted by molar-refractivity contribution is 0.645. The zero-order chi connectivity index (χ0) is 13.7. The summed E-state index contributed by atoms with van der Waals surface area (Å²) in [6, 6.07) is 8.84. The second-order valence-corrected chi connectivity index (χ2v) is 5.03. The van der Waals surface area contributed by atoms with Crippen LogP contribution in [0, 0.1) is 0 Å². The summed E-state index contributed by atoms with van der Waals surface area (Å²) in [5.41, 5.74) is 2.23. The van der Waals surface area contributed by atoms with Gasteiger partial charge in [0, 0.05) is 24.3 Å². The third-order valence-corrected chi connectivity index (χ3v) is 3.24. The highest BCUT2D eigenvalue weighted by Crippen LogP contribution is 2.21. The van der Waals surface area contributed by atoms with E-state index in [9.17, 15) is 0 Å². The number of unbranched alkanes of at least 4 members (excludes halogenated alkanes) is 1. The first-order chi connectivity index (χ1) is 9.20. The molecule has 19 heavy (non-hydrogen) atoms. The molecule has 1 aromatic carbocycles. The normalized spacial score (nSPS) is 12.4. The van der Waals surface area contributed by atoms with Crippen molar-refractivity contribution in [3.63, 3.8) is 0 Å². The Morgan fingerprint density at radius 1 is 1.37 bits per heavy atom. The molecule has 0 aliphatic rings. The zero-order valence-electron chi connectivity index (χ0n) is 11.9. The minimum absolute atomic E-state index is 0.495. The van der Waals surface area contributed by atoms with Gasteiger partial charge in [-0.3, -0.25) is 0 Å². The van der Waals surface area contributed by atoms with Crippen molar-refractivity contribution in [2.45, 2.75) is 39.2 Å². The highest BCUT2D eigenvalue weighted by molar-refractivity contribution is 5.62. The summed E-state index contributed by atoms with van der Waals surface area (Å²) in [5, 5.41) is 11.6. The molecule has 1 heterocycles. The molecule has 0 saturated heterocycles. The highest BCUT2D eigenvalue weighted by atomic mass is 15.2. The van der Waals surface area contributed by atoms with Gasteiger partial charge in [-0.2, -0.15) is 0 Å². The molecule has 4 heteroatoms. The lowest BCUT2D eigenvalue weighted by atomic mass is 10.1. The van der Waals surface area contributed by atoms with Gasteiger partial charge in [0.1, 0.15) is 6.33 Å². The number of rotatable bonds is 6. The zero-order valence-corrected chi connectivity index (χ0v) is 11.9. The first-order valence-electron chi connectivity index (χ1n) is 6.91. The van der Waals surface area contributed by atoms with Crippen molar-refractivity contribution in [2.75, 3.05) is 5.32 Å². The van der Waals surface area contributed by atoms with Gasteiger partial charge in [-0.25, -0.2) is 0 Å². The number of hydrogen-bond donors (Lipinski definition) is 1. The second-order valence-electron chi connectivity index (χ2n) is 5.03. The van der Waals surface area contributed by atoms with E-state index < -0.39 is 0 Å². The average Bonchev–Trinajstić information content (AvgIpc) is 2.83. The number of benzene rings is 1. The summed E-state index contributed by atoms with van der Waals surface area (Å²) in [6.07, 6.45) is 5.42. The van der Waals surface area contributed by atoms with Crippen LogP contribution in [0.3, 0.4) is 0 Å². The summed E-state index contributed by atoms with van der Waals surface area (Å²) < 4.78 is 1.93. The molecule has 0 radical (unpaired) electrons. The van der Waals surface area contributed by atoms with Gasteiger partial charge in [0.25, 0.3) is 0 Å². The SMILES string of the molecule is CCCCC(C)Nc1cccc(-c2nncn2C)c1. The van der Waals surface area contributed by atoms with E-state index in [0.717, 1.165) is 17.1 Å². The number of hydrogen-bond acceptors (Lipinski definition) is 3. The number of anilines is 1. The van der Waals surface area contributed by atoms with Gasteiger partial charge >= 0.3 is 0 Å². The molecular formula is C15H22N4. The number of aromatic nitrogens is 3. The van der Waals surface area contributed by atoms with E-state index in [2.05, 4.69) is 53.6 Å². The van der Waals surface area contributed by atoms with Crippen LogP contribution in [-0.2, 0) is 7.05 Å². The van der Waals surface area contributed by atoms with Crippen LogP contribution < -0.4 is 5.32 Å². The van der Waals surface area contributed by atoms with E-state index in [4.69, 9.17) is 0 Å². The van der Waals surface area contributed by atoms with Crippen LogP contribution in [0.25, 0.3) is 11.4 Å². The van der Waals surface area contributed by atoms with Crippen molar-refractivity contribution in [3.8, 4) is 11.4 Å². The number of aryl methyl sites for hydroxylation is 1. The first-order valence-corrected chi connectivity index (χ1v) is 6.91. The van der Waals surface area contributed by atoms with Crippen LogP contribution in [0.2, 0.25) is 0 Å². The fourth-order valence-corrected chi connectivity index (χ4v) is 2.16. The van der Waals surface area contributed by atoms with E-state index in [0.29, 0.717) is 6.04 Å². The fourth-order valence-electron chi connectivity index (χ4n) is 2.16. The van der Waals surface area contributed by atoms with Gasteiger partial charge in [0.15, 0.2) is 5.82 Å². The number of nitrogens with one attached hydrogen (secondary N) is 1. The highest BCUT2D eigenvalue weighted by Gasteiger charge is 2.06. The van der Waals surface area contributed by atoms with E-state index in [1.165, 1.54) is 19.3 Å². The van der Waals surface area contributed by atoms with Crippen molar-refractivity contribution in [2.24, 2.45) is 7.05 Å². The molecule has 2 rings (SSSR count). The van der Waals surface area contributed by atoms with E-state index in [1.807, 2.05) is 11.6 Å². The maximum absolute atomic E-state index is 4.14. The average molecular weight is 258 g/mol. The molecule has 1 unspecified atom stereocenters. The quantitative estimate of drug-likeness (QED) is 0.862. The molecule has 1 atom stereocenters. The monoisotopic (exact) mass is 258 g/mol. The lowest BCUT2D eigenvalue weighted by Gasteiger charge is -2.15. The molecule has 0 aliphatic carbocycles. The molecule has 4 nitrogen and oxygen atoms in total. The Morgan fingerprint density at radius 2 is 2.21 bits per heavy atom. The van der Waals surface area contributed by atoms with Gasteiger partial charge in [-0.1, -0.05) is 31.9 Å². The molecule has 0 amide bonds. The van der Waals surface area contributed by atoms with Crippen molar-refractivity contribution in [1.82, 2.24) is 14.8 Å². The van der Waals surface area contributed by atoms with Crippen molar-refractivity contribution < 1.29 is 0 Å². The summed E-state index contributed by atoms with van der Waals surface area (Å²) in [4.78, 5) is 0. The Kier molecular flexibility index (Phi) is 4.55. The first kappa shape index (κ1) is 13.6. The fraction of sp³-hybridized carbons (Fsp3) is 0.467. The van der Waals surface area contributed by atoms with Gasteiger partial charge < -0.3 is 9.88 Å². The third kappa shape index (κ3) is 3.56. The van der Waals surface area contributed by atoms with Crippen LogP contribution in [0.1, 0.15) is 33.1 Å². The molecule has 102 valence electrons. The standard InChI is InChI=1S/C15H22N4/c1-4-5-7-12(2)17-14-9-6-8-13(10-14)15-18-16-11-19(15)3/h6,8-12,17H,4-5,7H2,1-3H3. The smallest absolute Gasteiger partial charge is 0.163 e. The molecule has 0 bridgehead atoms. The van der Waals surface area contributed by atoms with E-state index >= 15 is 0 Å². The Balaban J connectivity index is 2.09. The lowest BCUT2D eigenvalue weighted by Crippen LogP contribution is -2.14. The van der Waals surface area contributed by atoms with Crippen LogP contribution in [0.4, 0.5) is 5.69 Å². The summed E-state index contributed by atoms with van der Waals surface area (Å²) in [6.45, 7) is 4.45. The van der Waals surface area contributed by atoms with Crippen LogP contribution in [0.5, 0.6) is 0 Å². The van der Waals surface area contributed by atoms with Crippen LogP contribution >= 0.6 is 0 Å². The Morgan fingerprint density at radius 3 is 2.89 bits per heavy atom. The minimum atomic E-state index is 0.495. The second kappa shape index (κ2) is 6.36. The molecule has 0 saturated carbocycles. The Labute approximate surface area is 114 Å². The van der Waals surface area contributed by atoms with Gasteiger partial charge in [-0.15, -0.1) is 10.2 Å². The molecule has 0 aliphatic heterocycles. The molecule has 0 spiro atoms. The molecular weight excluding hydrogens is 236 g/mol. The van der Waals surface area contributed by atoms with Crippen LogP contribution in [0.15, 0.2) is 30.6 Å². The minimum Gasteiger partial charge on any atom is -0.383 e. The van der Waals surface area contributed by atoms with Gasteiger partial charge in [0.2, 0.25) is 0 Å². The van der Waals surface area contributed by atoms with Crippen molar-refractivity contribution >= 4 is 5.69 Å². The van der Waals surface area contributed by atoms with E-state index in [-0.39, 0.29) is 0 Å². The largest absolute Gasteiger partial charge is 0.383 e. The van der Waals surface area contributed by atoms with Gasteiger partial charge in [0.05, 0.1) is 0 Å².